The molecule has 0 spiro atoms. The summed E-state index contributed by atoms with van der Waals surface area (Å²) in [6, 6.07) is 0. The van der Waals surface area contributed by atoms with E-state index >= 15 is 0 Å². The molecule has 0 aliphatic carbocycles. The van der Waals surface area contributed by atoms with Gasteiger partial charge in [-0.1, -0.05) is 6.92 Å². The van der Waals surface area contributed by atoms with Crippen molar-refractivity contribution in [3.05, 3.63) is 10.1 Å². The molecule has 12 heavy (non-hydrogen) atoms. The summed E-state index contributed by atoms with van der Waals surface area (Å²) in [6.07, 6.45) is 3.32. The van der Waals surface area contributed by atoms with Crippen molar-refractivity contribution in [1.29, 1.82) is 0 Å². The third-order valence-electron chi connectivity index (χ3n) is 1.69. The summed E-state index contributed by atoms with van der Waals surface area (Å²) in [7, 11) is 0. The summed E-state index contributed by atoms with van der Waals surface area (Å²) in [6.45, 7) is 1.86. The van der Waals surface area contributed by atoms with E-state index in [1.54, 1.807) is 0 Å². The van der Waals surface area contributed by atoms with E-state index < -0.39 is 0 Å². The summed E-state index contributed by atoms with van der Waals surface area (Å²) in [5, 5.41) is 9.89. The standard InChI is InChI=1S/C8H15NO3/c1-2-8(10)6-4-3-5-7-9(11)12/h2-7H2,1H3. The Morgan fingerprint density at radius 2 is 2.00 bits per heavy atom. The minimum Gasteiger partial charge on any atom is -0.300 e. The summed E-state index contributed by atoms with van der Waals surface area (Å²) < 4.78 is 0. The first-order chi connectivity index (χ1) is 5.66. The average molecular weight is 173 g/mol. The Morgan fingerprint density at radius 1 is 1.33 bits per heavy atom. The molecule has 0 heterocycles. The quantitative estimate of drug-likeness (QED) is 0.335. The maximum absolute atomic E-state index is 10.8. The van der Waals surface area contributed by atoms with Crippen LogP contribution in [-0.2, 0) is 4.79 Å². The molecular formula is C8H15NO3. The highest BCUT2D eigenvalue weighted by Crippen LogP contribution is 2.01. The predicted molar refractivity (Wildman–Crippen MR) is 45.6 cm³/mol. The fraction of sp³-hybridized carbons (Fsp3) is 0.875. The molecule has 0 aliphatic heterocycles. The lowest BCUT2D eigenvalue weighted by atomic mass is 10.1. The smallest absolute Gasteiger partial charge is 0.203 e. The summed E-state index contributed by atoms with van der Waals surface area (Å²) >= 11 is 0. The molecule has 0 atom stereocenters. The van der Waals surface area contributed by atoms with Gasteiger partial charge in [-0.25, -0.2) is 0 Å². The maximum atomic E-state index is 10.8. The first-order valence-electron chi connectivity index (χ1n) is 4.30. The zero-order valence-electron chi connectivity index (χ0n) is 7.41. The lowest BCUT2D eigenvalue weighted by Crippen LogP contribution is -2.01. The fourth-order valence-corrected chi connectivity index (χ4v) is 0.917. The molecule has 0 radical (unpaired) electrons. The fourth-order valence-electron chi connectivity index (χ4n) is 0.917. The highest BCUT2D eigenvalue weighted by Gasteiger charge is 1.99. The van der Waals surface area contributed by atoms with Crippen molar-refractivity contribution < 1.29 is 9.72 Å². The summed E-state index contributed by atoms with van der Waals surface area (Å²) in [5.74, 6) is 0.246. The van der Waals surface area contributed by atoms with Crippen molar-refractivity contribution in [3.63, 3.8) is 0 Å². The third kappa shape index (κ3) is 7.18. The van der Waals surface area contributed by atoms with Crippen LogP contribution in [0, 0.1) is 10.1 Å². The maximum Gasteiger partial charge on any atom is 0.203 e. The van der Waals surface area contributed by atoms with Crippen molar-refractivity contribution in [2.45, 2.75) is 39.0 Å². The SMILES string of the molecule is CCC(=O)CCCCC[N+](=O)[O-]. The highest BCUT2D eigenvalue weighted by molar-refractivity contribution is 5.77. The minimum atomic E-state index is -0.318. The molecule has 0 saturated carbocycles. The van der Waals surface area contributed by atoms with Crippen LogP contribution in [0.3, 0.4) is 0 Å². The van der Waals surface area contributed by atoms with E-state index in [2.05, 4.69) is 0 Å². The van der Waals surface area contributed by atoms with Crippen LogP contribution in [0.2, 0.25) is 0 Å². The Morgan fingerprint density at radius 3 is 2.50 bits per heavy atom. The number of carbonyl (C=O) groups excluding carboxylic acids is 1. The van der Waals surface area contributed by atoms with Gasteiger partial charge in [0.2, 0.25) is 6.54 Å². The first-order valence-corrected chi connectivity index (χ1v) is 4.30. The zero-order chi connectivity index (χ0) is 9.40. The predicted octanol–water partition coefficient (Wildman–Crippen LogP) is 1.80. The van der Waals surface area contributed by atoms with E-state index in [0.717, 1.165) is 12.8 Å². The zero-order valence-corrected chi connectivity index (χ0v) is 7.41. The molecular weight excluding hydrogens is 158 g/mol. The number of Topliss-reactive ketones (excluding diaryl/α,β-unsaturated/α-hetero) is 1. The van der Waals surface area contributed by atoms with Gasteiger partial charge in [0.25, 0.3) is 0 Å². The number of hydrogen-bond donors (Lipinski definition) is 0. The van der Waals surface area contributed by atoms with Gasteiger partial charge < -0.3 is 0 Å². The molecule has 4 heteroatoms. The van der Waals surface area contributed by atoms with Crippen molar-refractivity contribution >= 4 is 5.78 Å². The Bertz CT molecular complexity index is 156. The van der Waals surface area contributed by atoms with Gasteiger partial charge in [-0.2, -0.15) is 0 Å². The topological polar surface area (TPSA) is 60.2 Å². The van der Waals surface area contributed by atoms with Crippen LogP contribution < -0.4 is 0 Å². The van der Waals surface area contributed by atoms with Gasteiger partial charge in [0.05, 0.1) is 0 Å². The Kier molecular flexibility index (Phi) is 6.24. The molecule has 0 rings (SSSR count). The monoisotopic (exact) mass is 173 g/mol. The van der Waals surface area contributed by atoms with Crippen LogP contribution in [0.5, 0.6) is 0 Å². The number of rotatable bonds is 7. The number of carbonyl (C=O) groups is 1. The lowest BCUT2D eigenvalue weighted by molar-refractivity contribution is -0.480. The van der Waals surface area contributed by atoms with Crippen molar-refractivity contribution in [1.82, 2.24) is 0 Å². The number of nitrogens with zero attached hydrogens (tertiary/aromatic N) is 1. The molecule has 0 aromatic rings. The first kappa shape index (κ1) is 11.1. The second-order valence-electron chi connectivity index (χ2n) is 2.76. The van der Waals surface area contributed by atoms with E-state index in [1.807, 2.05) is 6.92 Å². The average Bonchev–Trinajstić information content (AvgIpc) is 2.03. The normalized spacial score (nSPS) is 9.75. The Labute approximate surface area is 72.1 Å². The molecule has 0 aromatic heterocycles. The van der Waals surface area contributed by atoms with Crippen LogP contribution in [0.25, 0.3) is 0 Å². The van der Waals surface area contributed by atoms with Crippen LogP contribution in [0.4, 0.5) is 0 Å². The molecule has 0 saturated heterocycles. The van der Waals surface area contributed by atoms with Crippen molar-refractivity contribution in [2.24, 2.45) is 0 Å². The molecule has 0 aromatic carbocycles. The molecule has 0 bridgehead atoms. The van der Waals surface area contributed by atoms with E-state index in [1.165, 1.54) is 0 Å². The van der Waals surface area contributed by atoms with E-state index in [9.17, 15) is 14.9 Å². The number of ketones is 1. The molecule has 0 N–H and O–H groups in total. The van der Waals surface area contributed by atoms with Gasteiger partial charge in [0.1, 0.15) is 5.78 Å². The van der Waals surface area contributed by atoms with Gasteiger partial charge >= 0.3 is 0 Å². The second-order valence-corrected chi connectivity index (χ2v) is 2.76. The minimum absolute atomic E-state index is 0.0281. The summed E-state index contributed by atoms with van der Waals surface area (Å²) in [4.78, 5) is 20.3. The van der Waals surface area contributed by atoms with E-state index in [4.69, 9.17) is 0 Å². The van der Waals surface area contributed by atoms with Gasteiger partial charge in [-0.05, 0) is 12.8 Å². The van der Waals surface area contributed by atoms with Crippen molar-refractivity contribution in [3.8, 4) is 0 Å². The Hall–Kier alpha value is -0.930. The summed E-state index contributed by atoms with van der Waals surface area (Å²) in [5.41, 5.74) is 0. The van der Waals surface area contributed by atoms with Gasteiger partial charge in [0, 0.05) is 24.2 Å². The van der Waals surface area contributed by atoms with Gasteiger partial charge in [-0.3, -0.25) is 14.9 Å². The van der Waals surface area contributed by atoms with Crippen LogP contribution in [0.15, 0.2) is 0 Å². The van der Waals surface area contributed by atoms with Crippen LogP contribution in [-0.4, -0.2) is 17.3 Å². The van der Waals surface area contributed by atoms with Crippen LogP contribution in [0.1, 0.15) is 39.0 Å². The molecule has 4 nitrogen and oxygen atoms in total. The van der Waals surface area contributed by atoms with Gasteiger partial charge in [-0.15, -0.1) is 0 Å². The number of hydrogen-bond acceptors (Lipinski definition) is 3. The molecule has 0 aliphatic rings. The number of unbranched alkanes of at least 4 members (excludes halogenated alkanes) is 2. The lowest BCUT2D eigenvalue weighted by Gasteiger charge is -1.96. The van der Waals surface area contributed by atoms with E-state index in [0.29, 0.717) is 19.3 Å². The highest BCUT2D eigenvalue weighted by atomic mass is 16.6. The third-order valence-corrected chi connectivity index (χ3v) is 1.69. The Balaban J connectivity index is 3.11. The number of nitro groups is 1. The molecule has 0 fully saturated rings. The van der Waals surface area contributed by atoms with E-state index in [-0.39, 0.29) is 17.3 Å². The second kappa shape index (κ2) is 6.76. The van der Waals surface area contributed by atoms with Gasteiger partial charge in [0.15, 0.2) is 0 Å². The van der Waals surface area contributed by atoms with Crippen LogP contribution >= 0.6 is 0 Å². The molecule has 0 amide bonds. The molecule has 70 valence electrons. The molecule has 0 unspecified atom stereocenters. The largest absolute Gasteiger partial charge is 0.300 e. The van der Waals surface area contributed by atoms with Crippen molar-refractivity contribution in [2.75, 3.05) is 6.54 Å².